The van der Waals surface area contributed by atoms with Gasteiger partial charge in [0.25, 0.3) is 0 Å². The number of rotatable bonds is 4. The Balaban J connectivity index is 2.57. The van der Waals surface area contributed by atoms with E-state index in [4.69, 9.17) is 5.11 Å². The van der Waals surface area contributed by atoms with E-state index in [0.717, 1.165) is 5.69 Å². The van der Waals surface area contributed by atoms with Crippen molar-refractivity contribution in [3.8, 4) is 0 Å². The van der Waals surface area contributed by atoms with Crippen molar-refractivity contribution in [2.45, 2.75) is 19.9 Å². The lowest BCUT2D eigenvalue weighted by Crippen LogP contribution is -2.29. The molecule has 0 radical (unpaired) electrons. The average molecular weight is 193 g/mol. The Kier molecular flexibility index (Phi) is 3.51. The first-order valence-electron chi connectivity index (χ1n) is 4.65. The molecular weight excluding hydrogens is 178 g/mol. The zero-order valence-electron chi connectivity index (χ0n) is 8.40. The second-order valence-electron chi connectivity index (χ2n) is 3.43. The summed E-state index contributed by atoms with van der Waals surface area (Å²) in [4.78, 5) is 10.7. The Bertz CT molecular complexity index is 297. The summed E-state index contributed by atoms with van der Waals surface area (Å²) in [6.45, 7) is 3.56. The number of nitrogens with one attached hydrogen (secondary N) is 1. The summed E-state index contributed by atoms with van der Waals surface area (Å²) in [5, 5.41) is 11.9. The lowest BCUT2D eigenvalue weighted by Gasteiger charge is -2.18. The molecule has 14 heavy (non-hydrogen) atoms. The van der Waals surface area contributed by atoms with Crippen LogP contribution in [0.4, 0.5) is 5.69 Å². The van der Waals surface area contributed by atoms with Gasteiger partial charge in [0.05, 0.1) is 5.92 Å². The van der Waals surface area contributed by atoms with Gasteiger partial charge in [-0.25, -0.2) is 0 Å². The van der Waals surface area contributed by atoms with E-state index in [2.05, 4.69) is 5.32 Å². The Hall–Kier alpha value is -1.51. The summed E-state index contributed by atoms with van der Waals surface area (Å²) in [7, 11) is 0. The molecule has 0 saturated carbocycles. The van der Waals surface area contributed by atoms with E-state index in [1.54, 1.807) is 6.92 Å². The Morgan fingerprint density at radius 1 is 1.29 bits per heavy atom. The minimum absolute atomic E-state index is 0.0742. The minimum atomic E-state index is -0.777. The van der Waals surface area contributed by atoms with Crippen molar-refractivity contribution in [3.63, 3.8) is 0 Å². The maximum absolute atomic E-state index is 10.7. The second-order valence-corrected chi connectivity index (χ2v) is 3.43. The second kappa shape index (κ2) is 4.65. The predicted molar refractivity (Wildman–Crippen MR) is 56.3 cm³/mol. The molecule has 2 N–H and O–H groups in total. The van der Waals surface area contributed by atoms with Gasteiger partial charge in [0.2, 0.25) is 0 Å². The van der Waals surface area contributed by atoms with Crippen LogP contribution in [-0.2, 0) is 4.79 Å². The molecule has 3 heteroatoms. The standard InChI is InChI=1S/C11H15NO2/c1-8(11(13)14)9(2)12-10-6-4-3-5-7-10/h3-9,12H,1-2H3,(H,13,14)/t8-,9?/m0/s1. The van der Waals surface area contributed by atoms with Crippen LogP contribution in [0.1, 0.15) is 13.8 Å². The highest BCUT2D eigenvalue weighted by Crippen LogP contribution is 2.11. The molecule has 0 aliphatic heterocycles. The molecule has 1 rings (SSSR count). The molecule has 0 saturated heterocycles. The van der Waals surface area contributed by atoms with Crippen LogP contribution in [-0.4, -0.2) is 17.1 Å². The van der Waals surface area contributed by atoms with E-state index >= 15 is 0 Å². The molecule has 1 unspecified atom stereocenters. The highest BCUT2D eigenvalue weighted by atomic mass is 16.4. The van der Waals surface area contributed by atoms with Crippen LogP contribution in [0.5, 0.6) is 0 Å². The first kappa shape index (κ1) is 10.6. The van der Waals surface area contributed by atoms with Gasteiger partial charge in [0.15, 0.2) is 0 Å². The molecule has 3 nitrogen and oxygen atoms in total. The minimum Gasteiger partial charge on any atom is -0.481 e. The van der Waals surface area contributed by atoms with E-state index < -0.39 is 11.9 Å². The maximum Gasteiger partial charge on any atom is 0.308 e. The van der Waals surface area contributed by atoms with Gasteiger partial charge in [-0.3, -0.25) is 4.79 Å². The number of carbonyl (C=O) groups is 1. The SMILES string of the molecule is CC(Nc1ccccc1)[C@H](C)C(=O)O. The zero-order valence-corrected chi connectivity index (χ0v) is 8.40. The van der Waals surface area contributed by atoms with Crippen molar-refractivity contribution < 1.29 is 9.90 Å². The quantitative estimate of drug-likeness (QED) is 0.770. The van der Waals surface area contributed by atoms with Gasteiger partial charge in [0.1, 0.15) is 0 Å². The number of aliphatic carboxylic acids is 1. The van der Waals surface area contributed by atoms with Crippen molar-refractivity contribution in [1.82, 2.24) is 0 Å². The Labute approximate surface area is 83.8 Å². The number of para-hydroxylation sites is 1. The van der Waals surface area contributed by atoms with Crippen LogP contribution in [0.3, 0.4) is 0 Å². The summed E-state index contributed by atoms with van der Waals surface area (Å²) in [6, 6.07) is 9.53. The molecule has 0 aromatic heterocycles. The number of hydrogen-bond donors (Lipinski definition) is 2. The molecular formula is C11H15NO2. The van der Waals surface area contributed by atoms with Crippen LogP contribution < -0.4 is 5.32 Å². The average Bonchev–Trinajstić information content (AvgIpc) is 2.18. The van der Waals surface area contributed by atoms with Gasteiger partial charge >= 0.3 is 5.97 Å². The van der Waals surface area contributed by atoms with Crippen LogP contribution in [0.15, 0.2) is 30.3 Å². The third-order valence-corrected chi connectivity index (χ3v) is 2.31. The fourth-order valence-electron chi connectivity index (χ4n) is 1.14. The number of anilines is 1. The third-order valence-electron chi connectivity index (χ3n) is 2.31. The Morgan fingerprint density at radius 2 is 1.86 bits per heavy atom. The fourth-order valence-corrected chi connectivity index (χ4v) is 1.14. The highest BCUT2D eigenvalue weighted by Gasteiger charge is 2.18. The summed E-state index contributed by atoms with van der Waals surface area (Å²) in [5.41, 5.74) is 0.952. The summed E-state index contributed by atoms with van der Waals surface area (Å²) in [6.07, 6.45) is 0. The van der Waals surface area contributed by atoms with E-state index in [1.807, 2.05) is 37.3 Å². The predicted octanol–water partition coefficient (Wildman–Crippen LogP) is 2.21. The van der Waals surface area contributed by atoms with Gasteiger partial charge in [-0.2, -0.15) is 0 Å². The summed E-state index contributed by atoms with van der Waals surface area (Å²) < 4.78 is 0. The van der Waals surface area contributed by atoms with E-state index in [-0.39, 0.29) is 6.04 Å². The van der Waals surface area contributed by atoms with Crippen LogP contribution in [0.25, 0.3) is 0 Å². The monoisotopic (exact) mass is 193 g/mol. The first-order valence-corrected chi connectivity index (χ1v) is 4.65. The molecule has 0 heterocycles. The molecule has 0 fully saturated rings. The molecule has 0 bridgehead atoms. The van der Waals surface area contributed by atoms with Crippen molar-refractivity contribution in [2.75, 3.05) is 5.32 Å². The third kappa shape index (κ3) is 2.76. The number of carboxylic acids is 1. The molecule has 1 aromatic rings. The lowest BCUT2D eigenvalue weighted by molar-refractivity contribution is -0.141. The van der Waals surface area contributed by atoms with Crippen LogP contribution >= 0.6 is 0 Å². The van der Waals surface area contributed by atoms with E-state index in [1.165, 1.54) is 0 Å². The molecule has 0 aliphatic rings. The smallest absolute Gasteiger partial charge is 0.308 e. The van der Waals surface area contributed by atoms with Crippen LogP contribution in [0.2, 0.25) is 0 Å². The zero-order chi connectivity index (χ0) is 10.6. The first-order chi connectivity index (χ1) is 6.61. The molecule has 2 atom stereocenters. The maximum atomic E-state index is 10.7. The van der Waals surface area contributed by atoms with E-state index in [0.29, 0.717) is 0 Å². The fraction of sp³-hybridized carbons (Fsp3) is 0.364. The van der Waals surface area contributed by atoms with Gasteiger partial charge in [-0.15, -0.1) is 0 Å². The van der Waals surface area contributed by atoms with Crippen molar-refractivity contribution in [1.29, 1.82) is 0 Å². The molecule has 0 spiro atoms. The van der Waals surface area contributed by atoms with Crippen LogP contribution in [0, 0.1) is 5.92 Å². The topological polar surface area (TPSA) is 49.3 Å². The van der Waals surface area contributed by atoms with Crippen molar-refractivity contribution in [2.24, 2.45) is 5.92 Å². The lowest BCUT2D eigenvalue weighted by atomic mass is 10.0. The molecule has 0 amide bonds. The number of hydrogen-bond acceptors (Lipinski definition) is 2. The Morgan fingerprint density at radius 3 is 2.36 bits per heavy atom. The molecule has 76 valence electrons. The summed E-state index contributed by atoms with van der Waals surface area (Å²) >= 11 is 0. The number of carboxylic acid groups (broad SMARTS) is 1. The number of benzene rings is 1. The highest BCUT2D eigenvalue weighted by molar-refractivity contribution is 5.71. The normalized spacial score (nSPS) is 14.4. The van der Waals surface area contributed by atoms with Gasteiger partial charge in [-0.05, 0) is 26.0 Å². The van der Waals surface area contributed by atoms with Gasteiger partial charge < -0.3 is 10.4 Å². The van der Waals surface area contributed by atoms with Gasteiger partial charge in [-0.1, -0.05) is 18.2 Å². The summed E-state index contributed by atoms with van der Waals surface area (Å²) in [5.74, 6) is -1.17. The van der Waals surface area contributed by atoms with Gasteiger partial charge in [0, 0.05) is 11.7 Å². The van der Waals surface area contributed by atoms with E-state index in [9.17, 15) is 4.79 Å². The van der Waals surface area contributed by atoms with Crippen molar-refractivity contribution >= 4 is 11.7 Å². The molecule has 1 aromatic carbocycles. The molecule has 0 aliphatic carbocycles. The van der Waals surface area contributed by atoms with Crippen molar-refractivity contribution in [3.05, 3.63) is 30.3 Å². The largest absolute Gasteiger partial charge is 0.481 e.